The van der Waals surface area contributed by atoms with Crippen LogP contribution in [0.5, 0.6) is 0 Å². The van der Waals surface area contributed by atoms with Gasteiger partial charge in [0.1, 0.15) is 0 Å². The second kappa shape index (κ2) is 3.54. The van der Waals surface area contributed by atoms with Gasteiger partial charge in [0.05, 0.1) is 30.3 Å². The van der Waals surface area contributed by atoms with Crippen LogP contribution in [0.3, 0.4) is 0 Å². The Kier molecular flexibility index (Phi) is 3.12. The van der Waals surface area contributed by atoms with E-state index in [2.05, 4.69) is 10.2 Å². The van der Waals surface area contributed by atoms with E-state index in [1.165, 1.54) is 0 Å². The van der Waals surface area contributed by atoms with Gasteiger partial charge in [-0.3, -0.25) is 0 Å². The van der Waals surface area contributed by atoms with Crippen LogP contribution in [0, 0.1) is 0 Å². The van der Waals surface area contributed by atoms with Crippen molar-refractivity contribution in [2.75, 3.05) is 0 Å². The highest BCUT2D eigenvalue weighted by Gasteiger charge is 2.09. The molecule has 0 saturated heterocycles. The summed E-state index contributed by atoms with van der Waals surface area (Å²) in [7, 11) is 2.42. The predicted molar refractivity (Wildman–Crippen MR) is 53.3 cm³/mol. The van der Waals surface area contributed by atoms with E-state index in [9.17, 15) is 0 Å². The van der Waals surface area contributed by atoms with Gasteiger partial charge in [-0.1, -0.05) is 46.4 Å². The maximum atomic E-state index is 5.76. The Balaban J connectivity index is 3.46. The van der Waals surface area contributed by atoms with Crippen molar-refractivity contribution in [1.29, 1.82) is 0 Å². The molecule has 58 valence electrons. The van der Waals surface area contributed by atoms with Gasteiger partial charge in [0.2, 0.25) is 0 Å². The molecule has 0 fully saturated rings. The van der Waals surface area contributed by atoms with Gasteiger partial charge in [-0.15, -0.1) is 0 Å². The third-order valence-corrected chi connectivity index (χ3v) is 3.54. The lowest BCUT2D eigenvalue weighted by molar-refractivity contribution is 1.75. The first-order valence-corrected chi connectivity index (χ1v) is 4.71. The number of rotatable bonds is 0. The van der Waals surface area contributed by atoms with E-state index >= 15 is 0 Å². The van der Waals surface area contributed by atoms with Crippen LogP contribution in [0.2, 0.25) is 20.1 Å². The van der Waals surface area contributed by atoms with Crippen LogP contribution in [-0.4, -0.2) is 10.2 Å². The van der Waals surface area contributed by atoms with Crippen molar-refractivity contribution in [3.05, 3.63) is 26.2 Å². The molecule has 2 radical (unpaired) electrons. The summed E-state index contributed by atoms with van der Waals surface area (Å²) < 4.78 is 0. The minimum absolute atomic E-state index is 0.296. The maximum absolute atomic E-state index is 5.76. The van der Waals surface area contributed by atoms with E-state index in [4.69, 9.17) is 46.4 Å². The zero-order valence-electron chi connectivity index (χ0n) is 5.17. The van der Waals surface area contributed by atoms with Crippen molar-refractivity contribution in [1.82, 2.24) is 0 Å². The molecule has 0 aliphatic heterocycles. The van der Waals surface area contributed by atoms with Crippen LogP contribution < -0.4 is 5.19 Å². The summed E-state index contributed by atoms with van der Waals surface area (Å²) in [6, 6.07) is 1.64. The molecule has 0 bridgehead atoms. The normalized spacial score (nSPS) is 10.3. The van der Waals surface area contributed by atoms with Crippen LogP contribution >= 0.6 is 46.4 Å². The first kappa shape index (κ1) is 9.68. The molecule has 1 aromatic carbocycles. The molecule has 11 heavy (non-hydrogen) atoms. The van der Waals surface area contributed by atoms with Crippen molar-refractivity contribution >= 4 is 61.8 Å². The maximum Gasteiger partial charge on any atom is 0.0793 e. The van der Waals surface area contributed by atoms with E-state index in [1.807, 2.05) is 0 Å². The molecule has 0 saturated carbocycles. The third kappa shape index (κ3) is 1.85. The van der Waals surface area contributed by atoms with Crippen molar-refractivity contribution in [3.63, 3.8) is 0 Å². The molecular weight excluding hydrogens is 242 g/mol. The van der Waals surface area contributed by atoms with Gasteiger partial charge < -0.3 is 0 Å². The molecule has 0 aromatic heterocycles. The minimum Gasteiger partial charge on any atom is -0.0828 e. The highest BCUT2D eigenvalue weighted by Crippen LogP contribution is 2.33. The summed E-state index contributed by atoms with van der Waals surface area (Å²) in [5.74, 6) is 0. The molecule has 0 unspecified atom stereocenters. The van der Waals surface area contributed by atoms with Gasteiger partial charge in [-0.25, -0.2) is 0 Å². The molecule has 1 rings (SSSR count). The molecule has 5 heteroatoms. The number of halogens is 4. The summed E-state index contributed by atoms with van der Waals surface area (Å²) in [6.45, 7) is 0. The lowest BCUT2D eigenvalue weighted by Gasteiger charge is -2.03. The Morgan fingerprint density at radius 3 is 2.00 bits per heavy atom. The van der Waals surface area contributed by atoms with Gasteiger partial charge in [0, 0.05) is 0 Å². The van der Waals surface area contributed by atoms with Crippen LogP contribution in [-0.2, 0) is 0 Å². The third-order valence-electron chi connectivity index (χ3n) is 1.13. The lowest BCUT2D eigenvalue weighted by atomic mass is 10.3. The Morgan fingerprint density at radius 2 is 1.45 bits per heavy atom. The molecule has 0 atom stereocenters. The van der Waals surface area contributed by atoms with Gasteiger partial charge in [-0.2, -0.15) is 0 Å². The van der Waals surface area contributed by atoms with Crippen LogP contribution in [0.25, 0.3) is 0 Å². The monoisotopic (exact) mass is 242 g/mol. The minimum atomic E-state index is 0.296. The molecule has 0 aliphatic rings. The SMILES string of the molecule is [SiH]c1cc(Cl)c(Cl)c(Cl)c1Cl. The Labute approximate surface area is 87.8 Å². The van der Waals surface area contributed by atoms with Crippen molar-refractivity contribution in [2.45, 2.75) is 0 Å². The van der Waals surface area contributed by atoms with E-state index in [0.717, 1.165) is 5.19 Å². The Hall–Kier alpha value is 0.597. The van der Waals surface area contributed by atoms with E-state index < -0.39 is 0 Å². The molecule has 0 spiro atoms. The summed E-state index contributed by atoms with van der Waals surface area (Å²) >= 11 is 22.9. The van der Waals surface area contributed by atoms with Gasteiger partial charge in [0.25, 0.3) is 0 Å². The first-order valence-electron chi connectivity index (χ1n) is 2.62. The van der Waals surface area contributed by atoms with Crippen molar-refractivity contribution in [2.24, 2.45) is 0 Å². The van der Waals surface area contributed by atoms with Crippen molar-refractivity contribution < 1.29 is 0 Å². The molecule has 0 amide bonds. The molecule has 1 aromatic rings. The quantitative estimate of drug-likeness (QED) is 0.374. The largest absolute Gasteiger partial charge is 0.0828 e. The first-order chi connectivity index (χ1) is 5.04. The summed E-state index contributed by atoms with van der Waals surface area (Å²) in [5.41, 5.74) is 0. The van der Waals surface area contributed by atoms with Crippen LogP contribution in [0.4, 0.5) is 0 Å². The summed E-state index contributed by atoms with van der Waals surface area (Å²) in [5, 5.41) is 2.17. The highest BCUT2D eigenvalue weighted by atomic mass is 35.5. The highest BCUT2D eigenvalue weighted by molar-refractivity contribution is 6.56. The van der Waals surface area contributed by atoms with Gasteiger partial charge >= 0.3 is 0 Å². The van der Waals surface area contributed by atoms with Crippen LogP contribution in [0.1, 0.15) is 0 Å². The zero-order chi connectivity index (χ0) is 8.59. The summed E-state index contributed by atoms with van der Waals surface area (Å²) in [4.78, 5) is 0. The second-order valence-electron chi connectivity index (χ2n) is 1.89. The average Bonchev–Trinajstić information content (AvgIpc) is 1.97. The smallest absolute Gasteiger partial charge is 0.0793 e. The van der Waals surface area contributed by atoms with E-state index in [0.29, 0.717) is 20.1 Å². The zero-order valence-corrected chi connectivity index (χ0v) is 9.34. The van der Waals surface area contributed by atoms with E-state index in [-0.39, 0.29) is 0 Å². The topological polar surface area (TPSA) is 0 Å². The molecule has 0 aliphatic carbocycles. The standard InChI is InChI=1S/C6H2Cl4Si/c7-2-1-3(11)5(9)6(10)4(2)8/h1,11H. The van der Waals surface area contributed by atoms with Gasteiger partial charge in [0.15, 0.2) is 0 Å². The van der Waals surface area contributed by atoms with Gasteiger partial charge in [-0.05, 0) is 11.3 Å². The Morgan fingerprint density at radius 1 is 0.909 bits per heavy atom. The number of hydrogen-bond donors (Lipinski definition) is 0. The fourth-order valence-electron chi connectivity index (χ4n) is 0.591. The second-order valence-corrected chi connectivity index (χ2v) is 4.05. The van der Waals surface area contributed by atoms with Crippen LogP contribution in [0.15, 0.2) is 6.07 Å². The molecule has 0 N–H and O–H groups in total. The fourth-order valence-corrected chi connectivity index (χ4v) is 1.92. The summed E-state index contributed by atoms with van der Waals surface area (Å²) in [6.07, 6.45) is 0. The molecular formula is C6H2Cl4Si. The number of benzene rings is 1. The lowest BCUT2D eigenvalue weighted by Crippen LogP contribution is -2.04. The molecule has 0 heterocycles. The Bertz CT molecular complexity index is 271. The van der Waals surface area contributed by atoms with E-state index in [1.54, 1.807) is 6.07 Å². The number of hydrogen-bond acceptors (Lipinski definition) is 0. The fraction of sp³-hybridized carbons (Fsp3) is 0. The van der Waals surface area contributed by atoms with Crippen molar-refractivity contribution in [3.8, 4) is 0 Å². The molecule has 0 nitrogen and oxygen atoms in total. The average molecular weight is 244 g/mol. The predicted octanol–water partition coefficient (Wildman–Crippen LogP) is 2.83.